The topological polar surface area (TPSA) is 86.7 Å². The second-order valence-corrected chi connectivity index (χ2v) is 5.63. The van der Waals surface area contributed by atoms with Crippen LogP contribution in [0.25, 0.3) is 0 Å². The number of aliphatic carboxylic acids is 1. The van der Waals surface area contributed by atoms with Crippen LogP contribution in [0.2, 0.25) is 0 Å². The Bertz CT molecular complexity index is 539. The number of hydrogen-bond donors (Lipinski definition) is 2. The lowest BCUT2D eigenvalue weighted by Gasteiger charge is -2.21. The van der Waals surface area contributed by atoms with Crippen molar-refractivity contribution in [2.45, 2.75) is 45.6 Å². The standard InChI is InChI=1S/C18H26N2O4/c1-3-12-20(13-4-2)16(22)11-10-15(21)19-17(18(23)24)14-8-6-5-7-9-14/h5-9,17H,3-4,10-13H2,1-2H3,(H,19,21)(H,23,24)/t17-/m0/s1. The van der Waals surface area contributed by atoms with E-state index in [1.54, 1.807) is 35.2 Å². The number of carbonyl (C=O) groups is 3. The monoisotopic (exact) mass is 334 g/mol. The Labute approximate surface area is 142 Å². The highest BCUT2D eigenvalue weighted by atomic mass is 16.4. The molecule has 1 rings (SSSR count). The summed E-state index contributed by atoms with van der Waals surface area (Å²) < 4.78 is 0. The summed E-state index contributed by atoms with van der Waals surface area (Å²) in [4.78, 5) is 37.3. The lowest BCUT2D eigenvalue weighted by atomic mass is 10.1. The number of rotatable bonds is 10. The first kappa shape index (κ1) is 19.7. The third-order valence-electron chi connectivity index (χ3n) is 3.59. The molecule has 0 unspecified atom stereocenters. The molecular formula is C18H26N2O4. The van der Waals surface area contributed by atoms with Crippen molar-refractivity contribution in [3.8, 4) is 0 Å². The van der Waals surface area contributed by atoms with Crippen LogP contribution in [0, 0.1) is 0 Å². The van der Waals surface area contributed by atoms with Crippen molar-refractivity contribution in [3.05, 3.63) is 35.9 Å². The highest BCUT2D eigenvalue weighted by molar-refractivity contribution is 5.87. The molecule has 0 aliphatic heterocycles. The molecule has 0 aromatic heterocycles. The van der Waals surface area contributed by atoms with Crippen LogP contribution in [0.3, 0.4) is 0 Å². The fourth-order valence-electron chi connectivity index (χ4n) is 2.45. The predicted molar refractivity (Wildman–Crippen MR) is 91.4 cm³/mol. The van der Waals surface area contributed by atoms with Gasteiger partial charge in [0.1, 0.15) is 0 Å². The molecule has 0 heterocycles. The van der Waals surface area contributed by atoms with E-state index in [-0.39, 0.29) is 18.7 Å². The van der Waals surface area contributed by atoms with Crippen molar-refractivity contribution in [1.29, 1.82) is 0 Å². The van der Waals surface area contributed by atoms with Crippen LogP contribution >= 0.6 is 0 Å². The van der Waals surface area contributed by atoms with E-state index in [0.29, 0.717) is 18.7 Å². The number of amides is 2. The minimum absolute atomic E-state index is 0.0145. The van der Waals surface area contributed by atoms with Gasteiger partial charge in [-0.2, -0.15) is 0 Å². The van der Waals surface area contributed by atoms with E-state index >= 15 is 0 Å². The molecule has 1 aromatic rings. The number of carbonyl (C=O) groups excluding carboxylic acids is 2. The van der Waals surface area contributed by atoms with Crippen molar-refractivity contribution in [2.24, 2.45) is 0 Å². The first-order chi connectivity index (χ1) is 11.5. The zero-order chi connectivity index (χ0) is 17.9. The summed E-state index contributed by atoms with van der Waals surface area (Å²) >= 11 is 0. The Hall–Kier alpha value is -2.37. The number of nitrogens with one attached hydrogen (secondary N) is 1. The van der Waals surface area contributed by atoms with Gasteiger partial charge in [-0.15, -0.1) is 0 Å². The van der Waals surface area contributed by atoms with Gasteiger partial charge < -0.3 is 15.3 Å². The van der Waals surface area contributed by atoms with Gasteiger partial charge >= 0.3 is 5.97 Å². The molecule has 0 radical (unpaired) electrons. The third-order valence-corrected chi connectivity index (χ3v) is 3.59. The van der Waals surface area contributed by atoms with Crippen LogP contribution in [0.4, 0.5) is 0 Å². The van der Waals surface area contributed by atoms with Gasteiger partial charge in [0, 0.05) is 25.9 Å². The molecule has 6 heteroatoms. The summed E-state index contributed by atoms with van der Waals surface area (Å²) in [7, 11) is 0. The van der Waals surface area contributed by atoms with E-state index in [2.05, 4.69) is 5.32 Å². The summed E-state index contributed by atoms with van der Waals surface area (Å²) in [5, 5.41) is 11.8. The molecule has 0 saturated carbocycles. The van der Waals surface area contributed by atoms with Crippen LogP contribution < -0.4 is 5.32 Å². The van der Waals surface area contributed by atoms with Crippen molar-refractivity contribution in [3.63, 3.8) is 0 Å². The molecule has 0 aliphatic carbocycles. The van der Waals surface area contributed by atoms with Crippen LogP contribution in [0.15, 0.2) is 30.3 Å². The molecule has 0 fully saturated rings. The lowest BCUT2D eigenvalue weighted by Crippen LogP contribution is -2.36. The number of carboxylic acid groups (broad SMARTS) is 1. The minimum atomic E-state index is -1.13. The molecule has 0 bridgehead atoms. The SMILES string of the molecule is CCCN(CCC)C(=O)CCC(=O)N[C@H](C(=O)O)c1ccccc1. The fourth-order valence-corrected chi connectivity index (χ4v) is 2.45. The summed E-state index contributed by atoms with van der Waals surface area (Å²) in [5.41, 5.74) is 0.503. The van der Waals surface area contributed by atoms with E-state index < -0.39 is 17.9 Å². The Morgan fingerprint density at radius 3 is 2.12 bits per heavy atom. The number of benzene rings is 1. The Morgan fingerprint density at radius 2 is 1.62 bits per heavy atom. The van der Waals surface area contributed by atoms with Crippen molar-refractivity contribution in [2.75, 3.05) is 13.1 Å². The molecule has 0 spiro atoms. The normalized spacial score (nSPS) is 11.6. The molecule has 132 valence electrons. The number of nitrogens with zero attached hydrogens (tertiary/aromatic N) is 1. The summed E-state index contributed by atoms with van der Waals surface area (Å²) in [6.07, 6.45) is 1.81. The molecule has 2 amide bonds. The van der Waals surface area contributed by atoms with Gasteiger partial charge in [0.05, 0.1) is 0 Å². The van der Waals surface area contributed by atoms with Crippen LogP contribution in [-0.4, -0.2) is 40.9 Å². The van der Waals surface area contributed by atoms with Crippen molar-refractivity contribution < 1.29 is 19.5 Å². The van der Waals surface area contributed by atoms with Crippen LogP contribution in [-0.2, 0) is 14.4 Å². The van der Waals surface area contributed by atoms with Gasteiger partial charge in [-0.3, -0.25) is 9.59 Å². The second kappa shape index (κ2) is 10.4. The molecular weight excluding hydrogens is 308 g/mol. The maximum absolute atomic E-state index is 12.1. The zero-order valence-electron chi connectivity index (χ0n) is 14.3. The van der Waals surface area contributed by atoms with E-state index in [4.69, 9.17) is 0 Å². The largest absolute Gasteiger partial charge is 0.479 e. The maximum Gasteiger partial charge on any atom is 0.330 e. The van der Waals surface area contributed by atoms with Gasteiger partial charge in [-0.05, 0) is 18.4 Å². The Balaban J connectivity index is 2.57. The molecule has 0 aliphatic rings. The lowest BCUT2D eigenvalue weighted by molar-refractivity contribution is -0.142. The van der Waals surface area contributed by atoms with E-state index in [9.17, 15) is 19.5 Å². The molecule has 1 aromatic carbocycles. The molecule has 1 atom stereocenters. The maximum atomic E-state index is 12.1. The van der Waals surface area contributed by atoms with E-state index in [1.165, 1.54) is 0 Å². The Morgan fingerprint density at radius 1 is 1.04 bits per heavy atom. The van der Waals surface area contributed by atoms with Crippen molar-refractivity contribution >= 4 is 17.8 Å². The molecule has 6 nitrogen and oxygen atoms in total. The van der Waals surface area contributed by atoms with E-state index in [0.717, 1.165) is 12.8 Å². The molecule has 0 saturated heterocycles. The van der Waals surface area contributed by atoms with Crippen LogP contribution in [0.5, 0.6) is 0 Å². The van der Waals surface area contributed by atoms with Gasteiger partial charge in [0.15, 0.2) is 6.04 Å². The zero-order valence-corrected chi connectivity index (χ0v) is 14.3. The third kappa shape index (κ3) is 6.40. The summed E-state index contributed by atoms with van der Waals surface area (Å²) in [5.74, 6) is -1.63. The molecule has 24 heavy (non-hydrogen) atoms. The van der Waals surface area contributed by atoms with Gasteiger partial charge in [0.2, 0.25) is 11.8 Å². The first-order valence-corrected chi connectivity index (χ1v) is 8.34. The average molecular weight is 334 g/mol. The van der Waals surface area contributed by atoms with Gasteiger partial charge in [-0.1, -0.05) is 44.2 Å². The summed E-state index contributed by atoms with van der Waals surface area (Å²) in [6.45, 7) is 5.35. The Kier molecular flexibility index (Phi) is 8.54. The average Bonchev–Trinajstić information content (AvgIpc) is 2.57. The summed E-state index contributed by atoms with van der Waals surface area (Å²) in [6, 6.07) is 7.40. The highest BCUT2D eigenvalue weighted by Gasteiger charge is 2.22. The first-order valence-electron chi connectivity index (χ1n) is 8.34. The minimum Gasteiger partial charge on any atom is -0.479 e. The van der Waals surface area contributed by atoms with Gasteiger partial charge in [0.25, 0.3) is 0 Å². The number of hydrogen-bond acceptors (Lipinski definition) is 3. The van der Waals surface area contributed by atoms with E-state index in [1.807, 2.05) is 13.8 Å². The van der Waals surface area contributed by atoms with Crippen molar-refractivity contribution in [1.82, 2.24) is 10.2 Å². The highest BCUT2D eigenvalue weighted by Crippen LogP contribution is 2.13. The smallest absolute Gasteiger partial charge is 0.330 e. The second-order valence-electron chi connectivity index (χ2n) is 5.63. The quantitative estimate of drug-likeness (QED) is 0.688. The molecule has 2 N–H and O–H groups in total. The van der Waals surface area contributed by atoms with Gasteiger partial charge in [-0.25, -0.2) is 4.79 Å². The fraction of sp³-hybridized carbons (Fsp3) is 0.500. The van der Waals surface area contributed by atoms with Crippen LogP contribution in [0.1, 0.15) is 51.1 Å². The predicted octanol–water partition coefficient (Wildman–Crippen LogP) is 2.36. The number of carboxylic acids is 1.